The molecule has 0 spiro atoms. The number of benzene rings is 5. The van der Waals surface area contributed by atoms with E-state index in [9.17, 15) is 53.5 Å². The number of aromatic nitrogens is 8. The normalized spacial score (nSPS) is 27.4. The fourth-order valence-corrected chi connectivity index (χ4v) is 17.2. The van der Waals surface area contributed by atoms with Crippen LogP contribution >= 0.6 is 27.5 Å². The molecule has 0 radical (unpaired) electrons. The van der Waals surface area contributed by atoms with E-state index < -0.39 is 58.2 Å². The zero-order valence-corrected chi connectivity index (χ0v) is 63.0. The van der Waals surface area contributed by atoms with Crippen LogP contribution in [0.1, 0.15) is 72.1 Å². The van der Waals surface area contributed by atoms with Crippen molar-refractivity contribution in [3.05, 3.63) is 244 Å². The number of H-pyrrole nitrogens is 1. The summed E-state index contributed by atoms with van der Waals surface area (Å²) in [5.74, 6) is 0.685. The van der Waals surface area contributed by atoms with E-state index >= 15 is 0 Å². The molecule has 11 heterocycles. The molecular weight excluding hydrogens is 1590 g/mol. The van der Waals surface area contributed by atoms with Crippen LogP contribution in [-0.4, -0.2) is 141 Å². The van der Waals surface area contributed by atoms with Gasteiger partial charge >= 0.3 is 0 Å². The largest absolute Gasteiger partial charge is 0.409 e. The summed E-state index contributed by atoms with van der Waals surface area (Å²) in [6, 6.07) is 20.0. The van der Waals surface area contributed by atoms with Gasteiger partial charge in [0.1, 0.15) is 24.6 Å². The summed E-state index contributed by atoms with van der Waals surface area (Å²) in [4.78, 5) is 66.6. The maximum absolute atomic E-state index is 13.5. The van der Waals surface area contributed by atoms with Gasteiger partial charge in [-0.15, -0.1) is 11.6 Å². The van der Waals surface area contributed by atoms with E-state index in [2.05, 4.69) is 86.2 Å². The number of hydrogen-bond acceptors (Lipinski definition) is 19. The highest BCUT2D eigenvalue weighted by atomic mass is 79.9. The predicted molar refractivity (Wildman–Crippen MR) is 403 cm³/mol. The maximum Gasteiger partial charge on any atom is 0.259 e. The van der Waals surface area contributed by atoms with Gasteiger partial charge in [-0.25, -0.2) is 77.0 Å². The number of halogens is 12. The van der Waals surface area contributed by atoms with Crippen molar-refractivity contribution >= 4 is 80.2 Å². The number of nitrogens with zero attached hydrogens (tertiary/aromatic N) is 16. The highest BCUT2D eigenvalue weighted by molar-refractivity contribution is 9.10. The molecule has 5 N–H and O–H groups in total. The number of fused-ring (bicyclic) bond motifs is 7. The molecule has 10 fully saturated rings. The Labute approximate surface area is 657 Å². The van der Waals surface area contributed by atoms with Crippen molar-refractivity contribution in [2.45, 2.75) is 62.0 Å². The van der Waals surface area contributed by atoms with Crippen molar-refractivity contribution in [1.29, 1.82) is 0 Å². The number of hydrogen-bond donors (Lipinski definition) is 4. The third-order valence-corrected chi connectivity index (χ3v) is 23.9. The van der Waals surface area contributed by atoms with Crippen molar-refractivity contribution < 1.29 is 58.2 Å². The summed E-state index contributed by atoms with van der Waals surface area (Å²) in [5, 5.41) is 23.0. The first-order valence-electron chi connectivity index (χ1n) is 36.7. The van der Waals surface area contributed by atoms with Crippen molar-refractivity contribution in [3.63, 3.8) is 0 Å². The van der Waals surface area contributed by atoms with E-state index in [1.165, 1.54) is 47.6 Å². The van der Waals surface area contributed by atoms with E-state index in [0.717, 1.165) is 125 Å². The first kappa shape index (κ1) is 78.2. The van der Waals surface area contributed by atoms with Crippen molar-refractivity contribution in [1.82, 2.24) is 45.1 Å². The van der Waals surface area contributed by atoms with Gasteiger partial charge in [0.05, 0.1) is 41.1 Å². The lowest BCUT2D eigenvalue weighted by Crippen LogP contribution is -2.28. The molecule has 24 nitrogen and oxygen atoms in total. The van der Waals surface area contributed by atoms with Crippen LogP contribution in [0.25, 0.3) is 9.69 Å². The first-order chi connectivity index (χ1) is 54.9. The quantitative estimate of drug-likeness (QED) is 0.0145. The second-order valence-electron chi connectivity index (χ2n) is 30.0. The van der Waals surface area contributed by atoms with Crippen molar-refractivity contribution in [2.24, 2.45) is 86.0 Å². The monoisotopic (exact) mass is 1660 g/mol. The molecule has 5 saturated carbocycles. The summed E-state index contributed by atoms with van der Waals surface area (Å²) in [6.07, 6.45) is 6.26. The molecular formula is C78H71BrClF10N19O5. The van der Waals surface area contributed by atoms with Crippen molar-refractivity contribution in [3.8, 4) is 0 Å². The molecule has 5 saturated heterocycles. The number of nitrogens with two attached hydrogens (primary N) is 1. The average Bonchev–Trinajstić information content (AvgIpc) is 1.58. The van der Waals surface area contributed by atoms with E-state index in [1.807, 2.05) is 28.5 Å². The van der Waals surface area contributed by atoms with Gasteiger partial charge in [-0.05, 0) is 102 Å². The van der Waals surface area contributed by atoms with Gasteiger partial charge in [-0.2, -0.15) is 9.97 Å². The lowest BCUT2D eigenvalue weighted by atomic mass is 10.1. The smallest absolute Gasteiger partial charge is 0.259 e. The van der Waals surface area contributed by atoms with E-state index in [1.54, 1.807) is 36.7 Å². The fraction of sp³-hybridized carbons (Fsp3) is 0.397. The molecule has 7 aliphatic heterocycles. The number of alkyl halides is 1. The molecule has 592 valence electrons. The molecule has 5 aromatic carbocycles. The molecule has 36 heteroatoms. The SMILES string of the molecule is CC1C=Nc2nc[nH]c(=O)c21.CC1C=Nc2ncn(Cc3nc(C4[C@H]5CN(c6ccc(F)c(F)c6)C[C@@H]45)no3)c(=O)c21.Fc1ccc(Br)cc1F.Fc1ccc(N2C[C@@H]3C(c4noc(CCl)n4)[C@@H]3C2)cc1F.N/C(=N\O)C1[C@H]2CN(c3ccc(F)c(F)c3)C[C@@H]12.[C-]#[N+]C1[C@H]2CN(c3ccc(F)c(F)c3)C[C@@H]12.[C-]#[N+]C1[C@H]2CNC[C@@H]12. The molecule has 4 aromatic heterocycles. The number of nitrogens with one attached hydrogen (secondary N) is 2. The minimum Gasteiger partial charge on any atom is -0.409 e. The predicted octanol–water partition coefficient (Wildman–Crippen LogP) is 12.7. The summed E-state index contributed by atoms with van der Waals surface area (Å²) in [5.41, 5.74) is 9.38. The van der Waals surface area contributed by atoms with E-state index in [4.69, 9.17) is 44.7 Å². The Morgan fingerprint density at radius 3 is 1.34 bits per heavy atom. The number of aromatic amines is 1. The number of piperidine rings is 5. The van der Waals surface area contributed by atoms with Gasteiger partial charge in [0.25, 0.3) is 11.1 Å². The van der Waals surface area contributed by atoms with Crippen LogP contribution in [0, 0.1) is 136 Å². The van der Waals surface area contributed by atoms with E-state index in [0.29, 0.717) is 121 Å². The van der Waals surface area contributed by atoms with Gasteiger partial charge in [-0.3, -0.25) is 14.2 Å². The Morgan fingerprint density at radius 1 is 0.553 bits per heavy atom. The van der Waals surface area contributed by atoms with Crippen LogP contribution in [0.5, 0.6) is 0 Å². The molecule has 12 aliphatic rings. The van der Waals surface area contributed by atoms with Crippen molar-refractivity contribution in [2.75, 3.05) is 85.0 Å². The molecule has 9 aromatic rings. The summed E-state index contributed by atoms with van der Waals surface area (Å²) < 4.78 is 141. The number of aliphatic imine (C=N–C) groups is 2. The number of oxime groups is 1. The van der Waals surface area contributed by atoms with E-state index in [-0.39, 0.29) is 59.1 Å². The average molecular weight is 1660 g/mol. The molecule has 21 rings (SSSR count). The highest BCUT2D eigenvalue weighted by Gasteiger charge is 2.63. The maximum atomic E-state index is 13.5. The lowest BCUT2D eigenvalue weighted by Gasteiger charge is -2.21. The van der Waals surface area contributed by atoms with Gasteiger partial charge in [0.15, 0.2) is 81.5 Å². The molecule has 7 unspecified atom stereocenters. The highest BCUT2D eigenvalue weighted by Crippen LogP contribution is 2.60. The standard InChI is InChI=1S/C21H18F2N6O2.C14H12ClF2N3O.C12H13F2N3O.C12H10F2N2.C7H7N3O.C6H3BrF2.C6H8N2/c1-10-5-24-19-17(10)21(30)29(9-25-19)8-16-26-20(27-31-16)18-12-6-28(7-13(12)18)11-2-3-14(22)15(23)4-11;15-4-12-18-14(19-21-12)13-8-5-20(6-9(8)13)7-1-2-10(16)11(17)3-7;13-9-2-1-6(3-10(9)14)17-4-7-8(5-17)11(7)12(15)16-18;1-15-12-8-5-16(6-9(8)12)7-2-3-10(13)11(14)4-7;1-4-2-8-6-5(4)7(11)10-3-9-6;7-4-1-2-5(8)6(9)3-4;1-7-6-4-2-8-3-5(4)6/h2-5,9-10,12-13,18H,6-8H2,1H3;1-3,8-9,13H,4-6H2;1-3,7-8,11,18H,4-5H2,(H2,15,16);2-4,8-9,12H,5-6H2;2-4H,1H3,(H,9,10,11);1-3H;4-6,8H,2-3H2/t10?,12-,13+,18?;8-,9+,13?;7-,8+,11?;8-,9+,12?;;;4-,5+,6?. The van der Waals surface area contributed by atoms with Gasteiger partial charge in [0.2, 0.25) is 23.9 Å². The van der Waals surface area contributed by atoms with Crippen LogP contribution in [0.4, 0.5) is 78.3 Å². The summed E-state index contributed by atoms with van der Waals surface area (Å²) >= 11 is 8.64. The second kappa shape index (κ2) is 32.5. The lowest BCUT2D eigenvalue weighted by molar-refractivity contribution is 0.315. The summed E-state index contributed by atoms with van der Waals surface area (Å²) in [6.45, 7) is 25.9. The molecule has 0 amide bonds. The Balaban J connectivity index is 0.000000110. The zero-order chi connectivity index (χ0) is 80.2. The van der Waals surface area contributed by atoms with Gasteiger partial charge in [0, 0.05) is 159 Å². The third-order valence-electron chi connectivity index (χ3n) is 23.1. The minimum absolute atomic E-state index is 0.0657. The minimum atomic E-state index is -0.843. The molecule has 114 heavy (non-hydrogen) atoms. The summed E-state index contributed by atoms with van der Waals surface area (Å²) in [7, 11) is 0. The van der Waals surface area contributed by atoms with Crippen LogP contribution in [0.3, 0.4) is 0 Å². The number of amidine groups is 1. The van der Waals surface area contributed by atoms with Crippen LogP contribution < -0.4 is 41.8 Å². The Kier molecular flexibility index (Phi) is 22.3. The number of anilines is 4. The third kappa shape index (κ3) is 16.3. The molecule has 17 atom stereocenters. The fourth-order valence-electron chi connectivity index (χ4n) is 16.8. The van der Waals surface area contributed by atoms with Crippen LogP contribution in [0.2, 0.25) is 0 Å². The van der Waals surface area contributed by atoms with Crippen LogP contribution in [0.15, 0.2) is 142 Å². The first-order valence-corrected chi connectivity index (χ1v) is 38.0. The topological polar surface area (TPSA) is 276 Å². The second-order valence-corrected chi connectivity index (χ2v) is 31.1. The Morgan fingerprint density at radius 2 is 0.947 bits per heavy atom. The van der Waals surface area contributed by atoms with Gasteiger partial charge in [-0.1, -0.05) is 45.2 Å². The Bertz CT molecular complexity index is 5390. The molecule has 0 bridgehead atoms. The molecule has 5 aliphatic carbocycles. The van der Waals surface area contributed by atoms with Crippen LogP contribution in [-0.2, 0) is 12.4 Å². The Hall–Kier alpha value is -11.0. The number of rotatable bonds is 10. The van der Waals surface area contributed by atoms with Gasteiger partial charge < -0.3 is 59.6 Å². The zero-order valence-electron chi connectivity index (χ0n) is 60.6.